The number of hydrogen-bond donors (Lipinski definition) is 2. The number of nitrogens with one attached hydrogen (secondary N) is 1. The highest BCUT2D eigenvalue weighted by molar-refractivity contribution is 5.81. The fourth-order valence-corrected chi connectivity index (χ4v) is 3.30. The molecule has 0 saturated heterocycles. The summed E-state index contributed by atoms with van der Waals surface area (Å²) < 4.78 is 0. The molecule has 1 saturated carbocycles. The molecule has 2 aliphatic carbocycles. The van der Waals surface area contributed by atoms with Crippen molar-refractivity contribution in [3.05, 3.63) is 12.2 Å². The first-order valence-corrected chi connectivity index (χ1v) is 8.08. The standard InChI is InChI=1S/C16H29N3O/c1-19(15-6-3-2-4-7-15)11-5-10-18-16(20)13-8-9-14(17)12-13/h8-9,13-15H,2-7,10-12,17H2,1H3,(H,18,20). The lowest BCUT2D eigenvalue weighted by molar-refractivity contribution is -0.123. The van der Waals surface area contributed by atoms with Gasteiger partial charge in [0.25, 0.3) is 0 Å². The monoisotopic (exact) mass is 279 g/mol. The Morgan fingerprint density at radius 3 is 2.70 bits per heavy atom. The molecule has 1 fully saturated rings. The predicted molar refractivity (Wildman–Crippen MR) is 82.4 cm³/mol. The fraction of sp³-hybridized carbons (Fsp3) is 0.812. The number of carbonyl (C=O) groups excluding carboxylic acids is 1. The predicted octanol–water partition coefficient (Wildman–Crippen LogP) is 1.66. The Morgan fingerprint density at radius 1 is 1.30 bits per heavy atom. The number of hydrogen-bond acceptors (Lipinski definition) is 3. The van der Waals surface area contributed by atoms with Gasteiger partial charge in [-0.1, -0.05) is 31.4 Å². The lowest BCUT2D eigenvalue weighted by Gasteiger charge is -2.31. The molecule has 4 heteroatoms. The molecule has 2 atom stereocenters. The summed E-state index contributed by atoms with van der Waals surface area (Å²) in [5.74, 6) is 0.121. The van der Waals surface area contributed by atoms with Crippen LogP contribution < -0.4 is 11.1 Å². The summed E-state index contributed by atoms with van der Waals surface area (Å²) in [7, 11) is 2.22. The molecule has 2 aliphatic rings. The number of nitrogens with zero attached hydrogens (tertiary/aromatic N) is 1. The van der Waals surface area contributed by atoms with Crippen LogP contribution in [0.5, 0.6) is 0 Å². The van der Waals surface area contributed by atoms with Gasteiger partial charge < -0.3 is 16.0 Å². The van der Waals surface area contributed by atoms with Crippen LogP contribution >= 0.6 is 0 Å². The van der Waals surface area contributed by atoms with Crippen molar-refractivity contribution in [2.45, 2.75) is 57.0 Å². The molecule has 0 bridgehead atoms. The van der Waals surface area contributed by atoms with Gasteiger partial charge in [0.2, 0.25) is 5.91 Å². The van der Waals surface area contributed by atoms with Crippen LogP contribution in [0.3, 0.4) is 0 Å². The lowest BCUT2D eigenvalue weighted by Crippen LogP contribution is -2.36. The molecule has 2 rings (SSSR count). The zero-order chi connectivity index (χ0) is 14.4. The van der Waals surface area contributed by atoms with E-state index in [-0.39, 0.29) is 17.9 Å². The molecule has 0 aromatic carbocycles. The van der Waals surface area contributed by atoms with Gasteiger partial charge in [-0.15, -0.1) is 0 Å². The van der Waals surface area contributed by atoms with Gasteiger partial charge in [-0.25, -0.2) is 0 Å². The number of carbonyl (C=O) groups is 1. The van der Waals surface area contributed by atoms with Crippen LogP contribution in [-0.4, -0.2) is 43.0 Å². The Morgan fingerprint density at radius 2 is 2.05 bits per heavy atom. The van der Waals surface area contributed by atoms with Crippen molar-refractivity contribution in [2.24, 2.45) is 11.7 Å². The molecule has 4 nitrogen and oxygen atoms in total. The maximum Gasteiger partial charge on any atom is 0.226 e. The van der Waals surface area contributed by atoms with Gasteiger partial charge in [0.1, 0.15) is 0 Å². The van der Waals surface area contributed by atoms with Gasteiger partial charge in [-0.2, -0.15) is 0 Å². The number of nitrogens with two attached hydrogens (primary N) is 1. The summed E-state index contributed by atoms with van der Waals surface area (Å²) in [5.41, 5.74) is 5.77. The van der Waals surface area contributed by atoms with E-state index in [1.54, 1.807) is 0 Å². The van der Waals surface area contributed by atoms with Crippen molar-refractivity contribution in [1.82, 2.24) is 10.2 Å². The molecule has 0 aromatic heterocycles. The minimum absolute atomic E-state index is 0.0129. The van der Waals surface area contributed by atoms with Crippen LogP contribution in [0.25, 0.3) is 0 Å². The van der Waals surface area contributed by atoms with Gasteiger partial charge in [0, 0.05) is 18.6 Å². The third kappa shape index (κ3) is 4.60. The Kier molecular flexibility index (Phi) is 6.05. The summed E-state index contributed by atoms with van der Waals surface area (Å²) in [6.45, 7) is 1.85. The van der Waals surface area contributed by atoms with Gasteiger partial charge in [0.15, 0.2) is 0 Å². The van der Waals surface area contributed by atoms with E-state index in [0.29, 0.717) is 0 Å². The van der Waals surface area contributed by atoms with Crippen molar-refractivity contribution >= 4 is 5.91 Å². The Bertz CT molecular complexity index is 337. The third-order valence-electron chi connectivity index (χ3n) is 4.64. The molecule has 0 aliphatic heterocycles. The largest absolute Gasteiger partial charge is 0.356 e. The molecule has 20 heavy (non-hydrogen) atoms. The highest BCUT2D eigenvalue weighted by Crippen LogP contribution is 2.21. The van der Waals surface area contributed by atoms with Gasteiger partial charge in [-0.3, -0.25) is 4.79 Å². The Hall–Kier alpha value is -0.870. The second-order valence-corrected chi connectivity index (χ2v) is 6.31. The van der Waals surface area contributed by atoms with Crippen LogP contribution in [0.4, 0.5) is 0 Å². The first kappa shape index (κ1) is 15.5. The minimum Gasteiger partial charge on any atom is -0.356 e. The van der Waals surface area contributed by atoms with E-state index in [1.807, 2.05) is 12.2 Å². The maximum atomic E-state index is 11.9. The zero-order valence-electron chi connectivity index (χ0n) is 12.7. The van der Waals surface area contributed by atoms with Crippen molar-refractivity contribution in [2.75, 3.05) is 20.1 Å². The first-order valence-electron chi connectivity index (χ1n) is 8.08. The van der Waals surface area contributed by atoms with Crippen molar-refractivity contribution < 1.29 is 4.79 Å². The van der Waals surface area contributed by atoms with E-state index in [0.717, 1.165) is 32.0 Å². The summed E-state index contributed by atoms with van der Waals surface area (Å²) >= 11 is 0. The summed E-state index contributed by atoms with van der Waals surface area (Å²) in [6, 6.07) is 0.818. The van der Waals surface area contributed by atoms with Gasteiger partial charge >= 0.3 is 0 Å². The molecule has 114 valence electrons. The maximum absolute atomic E-state index is 11.9. The molecule has 3 N–H and O–H groups in total. The van der Waals surface area contributed by atoms with Gasteiger partial charge in [-0.05, 0) is 39.3 Å². The van der Waals surface area contributed by atoms with E-state index in [2.05, 4.69) is 17.3 Å². The quantitative estimate of drug-likeness (QED) is 0.574. The second kappa shape index (κ2) is 7.79. The molecule has 0 radical (unpaired) electrons. The zero-order valence-corrected chi connectivity index (χ0v) is 12.7. The molecule has 2 unspecified atom stereocenters. The average Bonchev–Trinajstić information content (AvgIpc) is 2.91. The van der Waals surface area contributed by atoms with Crippen LogP contribution in [0.15, 0.2) is 12.2 Å². The summed E-state index contributed by atoms with van der Waals surface area (Å²) in [6.07, 6.45) is 12.5. The van der Waals surface area contributed by atoms with Crippen LogP contribution in [0.1, 0.15) is 44.9 Å². The SMILES string of the molecule is CN(CCCNC(=O)C1C=CC(N)C1)C1CCCCC1. The topological polar surface area (TPSA) is 58.4 Å². The molecule has 1 amide bonds. The normalized spacial score (nSPS) is 27.1. The van der Waals surface area contributed by atoms with E-state index >= 15 is 0 Å². The first-order chi connectivity index (χ1) is 9.66. The van der Waals surface area contributed by atoms with E-state index in [1.165, 1.54) is 32.1 Å². The molecule has 0 heterocycles. The average molecular weight is 279 g/mol. The Labute approximate surface area is 122 Å². The summed E-state index contributed by atoms with van der Waals surface area (Å²) in [4.78, 5) is 14.4. The molecule has 0 spiro atoms. The number of rotatable bonds is 6. The lowest BCUT2D eigenvalue weighted by atomic mass is 9.94. The third-order valence-corrected chi connectivity index (χ3v) is 4.64. The molecular weight excluding hydrogens is 250 g/mol. The molecular formula is C16H29N3O. The van der Waals surface area contributed by atoms with E-state index in [9.17, 15) is 4.79 Å². The number of amides is 1. The van der Waals surface area contributed by atoms with Gasteiger partial charge in [0.05, 0.1) is 5.92 Å². The second-order valence-electron chi connectivity index (χ2n) is 6.31. The van der Waals surface area contributed by atoms with Crippen LogP contribution in [0.2, 0.25) is 0 Å². The van der Waals surface area contributed by atoms with Crippen molar-refractivity contribution in [3.63, 3.8) is 0 Å². The summed E-state index contributed by atoms with van der Waals surface area (Å²) in [5, 5.41) is 3.03. The fourth-order valence-electron chi connectivity index (χ4n) is 3.30. The molecule has 0 aromatic rings. The van der Waals surface area contributed by atoms with Crippen molar-refractivity contribution in [1.29, 1.82) is 0 Å². The van der Waals surface area contributed by atoms with E-state index in [4.69, 9.17) is 5.73 Å². The van der Waals surface area contributed by atoms with Crippen molar-refractivity contribution in [3.8, 4) is 0 Å². The Balaban J connectivity index is 1.56. The van der Waals surface area contributed by atoms with E-state index < -0.39 is 0 Å². The highest BCUT2D eigenvalue weighted by atomic mass is 16.1. The van der Waals surface area contributed by atoms with Crippen LogP contribution in [0, 0.1) is 5.92 Å². The van der Waals surface area contributed by atoms with Crippen LogP contribution in [-0.2, 0) is 4.79 Å². The minimum atomic E-state index is -0.0129. The smallest absolute Gasteiger partial charge is 0.226 e. The highest BCUT2D eigenvalue weighted by Gasteiger charge is 2.22.